The molecule has 2 aromatic rings. The second-order valence-electron chi connectivity index (χ2n) is 4.84. The number of pyridine rings is 1. The average Bonchev–Trinajstić information content (AvgIpc) is 2.46. The van der Waals surface area contributed by atoms with Crippen molar-refractivity contribution in [1.29, 1.82) is 0 Å². The lowest BCUT2D eigenvalue weighted by Gasteiger charge is -2.06. The molecule has 0 spiro atoms. The largest absolute Gasteiger partial charge is 0.748 e. The molecule has 0 aliphatic heterocycles. The van der Waals surface area contributed by atoms with Crippen LogP contribution in [-0.2, 0) is 27.5 Å². The Hall–Kier alpha value is -0.990. The molecule has 112 valence electrons. The first-order chi connectivity index (χ1) is 9.96. The molecule has 21 heavy (non-hydrogen) atoms. The van der Waals surface area contributed by atoms with Crippen LogP contribution in [0, 0.1) is 0 Å². The van der Waals surface area contributed by atoms with Gasteiger partial charge in [-0.25, -0.2) is 13.0 Å². The minimum absolute atomic E-state index is 0.261. The summed E-state index contributed by atoms with van der Waals surface area (Å²) >= 11 is 2.34. The fourth-order valence-corrected chi connectivity index (χ4v) is 2.94. The molecule has 0 saturated carbocycles. The van der Waals surface area contributed by atoms with Crippen LogP contribution in [0.3, 0.4) is 0 Å². The Balaban J connectivity index is 1.98. The van der Waals surface area contributed by atoms with Crippen molar-refractivity contribution < 1.29 is 17.5 Å². The Morgan fingerprint density at radius 1 is 0.952 bits per heavy atom. The molecule has 0 amide bonds. The monoisotopic (exact) mass is 417 g/mol. The number of nitrogens with zero attached hydrogens (tertiary/aromatic N) is 1. The van der Waals surface area contributed by atoms with Crippen LogP contribution in [0.4, 0.5) is 0 Å². The molecule has 2 rings (SSSR count). The van der Waals surface area contributed by atoms with Gasteiger partial charge in [-0.2, -0.15) is 0 Å². The Morgan fingerprint density at radius 3 is 2.05 bits per heavy atom. The van der Waals surface area contributed by atoms with Gasteiger partial charge >= 0.3 is 0 Å². The van der Waals surface area contributed by atoms with Gasteiger partial charge in [-0.3, -0.25) is 0 Å². The number of alkyl halides is 1. The second-order valence-corrected chi connectivity index (χ2v) is 7.13. The molecule has 1 heterocycles. The molecule has 0 aliphatic carbocycles. The van der Waals surface area contributed by atoms with Crippen LogP contribution < -0.4 is 4.57 Å². The third kappa shape index (κ3) is 5.72. The number of hydrogen-bond acceptors (Lipinski definition) is 3. The zero-order valence-electron chi connectivity index (χ0n) is 11.4. The molecular formula is C15H16INO3S. The normalized spacial score (nSPS) is 11.5. The highest BCUT2D eigenvalue weighted by Gasteiger charge is 2.04. The maximum atomic E-state index is 10.6. The molecule has 6 heteroatoms. The van der Waals surface area contributed by atoms with Gasteiger partial charge in [-0.15, -0.1) is 0 Å². The summed E-state index contributed by atoms with van der Waals surface area (Å²) in [6.45, 7) is 0.766. The third-order valence-corrected chi connectivity index (χ3v) is 4.73. The highest BCUT2D eigenvalue weighted by Crippen LogP contribution is 2.08. The minimum atomic E-state index is -4.15. The Labute approximate surface area is 138 Å². The topological polar surface area (TPSA) is 61.1 Å². The number of aryl methyl sites for hydroxylation is 1. The average molecular weight is 417 g/mol. The molecule has 0 unspecified atom stereocenters. The van der Waals surface area contributed by atoms with E-state index < -0.39 is 10.1 Å². The first-order valence-corrected chi connectivity index (χ1v) is 9.62. The first kappa shape index (κ1) is 16.4. The molecule has 0 N–H and O–H groups in total. The summed E-state index contributed by atoms with van der Waals surface area (Å²) in [6, 6.07) is 12.2. The van der Waals surface area contributed by atoms with Gasteiger partial charge in [0.25, 0.3) is 0 Å². The summed E-state index contributed by atoms with van der Waals surface area (Å²) in [5.41, 5.74) is 3.37. The van der Waals surface area contributed by atoms with Crippen LogP contribution >= 0.6 is 22.6 Å². The van der Waals surface area contributed by atoms with Crippen molar-refractivity contribution in [2.45, 2.75) is 17.4 Å². The lowest BCUT2D eigenvalue weighted by Crippen LogP contribution is -2.33. The summed E-state index contributed by atoms with van der Waals surface area (Å²) in [5.74, 6) is -0.352. The number of benzene rings is 1. The van der Waals surface area contributed by atoms with Gasteiger partial charge in [0.15, 0.2) is 18.9 Å². The van der Waals surface area contributed by atoms with Crippen molar-refractivity contribution in [3.8, 4) is 0 Å². The van der Waals surface area contributed by atoms with E-state index >= 15 is 0 Å². The zero-order chi connectivity index (χ0) is 15.3. The summed E-state index contributed by atoms with van der Waals surface area (Å²) in [6.07, 6.45) is 4.06. The summed E-state index contributed by atoms with van der Waals surface area (Å²) in [4.78, 5) is 0. The summed E-state index contributed by atoms with van der Waals surface area (Å²) < 4.78 is 34.8. The zero-order valence-corrected chi connectivity index (χ0v) is 14.4. The lowest BCUT2D eigenvalue weighted by molar-refractivity contribution is -0.688. The Morgan fingerprint density at radius 2 is 1.52 bits per heavy atom. The molecule has 0 aliphatic rings. The molecule has 0 saturated heterocycles. The predicted molar refractivity (Wildman–Crippen MR) is 88.2 cm³/mol. The van der Waals surface area contributed by atoms with Crippen LogP contribution in [0.1, 0.15) is 16.7 Å². The summed E-state index contributed by atoms with van der Waals surface area (Å²) in [7, 11) is -4.15. The van der Waals surface area contributed by atoms with Gasteiger partial charge < -0.3 is 4.55 Å². The van der Waals surface area contributed by atoms with Crippen LogP contribution in [0.5, 0.6) is 0 Å². The van der Waals surface area contributed by atoms with Crippen molar-refractivity contribution in [2.24, 2.45) is 0 Å². The Bertz CT molecular complexity index is 682. The van der Waals surface area contributed by atoms with E-state index in [2.05, 4.69) is 46.9 Å². The number of aromatic nitrogens is 1. The van der Waals surface area contributed by atoms with E-state index in [4.69, 9.17) is 0 Å². The molecule has 0 atom stereocenters. The standard InChI is InChI=1S/C15H16INO3S/c16-11-14-1-3-15(4-2-14)12-17-8-5-13(6-9-17)7-10-21(18,19)20/h1-6,8-9H,7,10-12H2. The Kier molecular flexibility index (Phi) is 5.72. The van der Waals surface area contributed by atoms with Gasteiger partial charge in [0.1, 0.15) is 0 Å². The van der Waals surface area contributed by atoms with Gasteiger partial charge in [-0.1, -0.05) is 46.9 Å². The van der Waals surface area contributed by atoms with Gasteiger partial charge in [-0.05, 0) is 17.5 Å². The smallest absolute Gasteiger partial charge is 0.173 e. The van der Waals surface area contributed by atoms with E-state index in [1.165, 1.54) is 11.1 Å². The SMILES string of the molecule is O=S(=O)([O-])CCc1cc[n+](Cc2ccc(CI)cc2)cc1. The van der Waals surface area contributed by atoms with E-state index in [-0.39, 0.29) is 12.2 Å². The number of halogens is 1. The number of rotatable bonds is 6. The minimum Gasteiger partial charge on any atom is -0.748 e. The molecular weight excluding hydrogens is 401 g/mol. The highest BCUT2D eigenvalue weighted by atomic mass is 127. The maximum Gasteiger partial charge on any atom is 0.173 e. The quantitative estimate of drug-likeness (QED) is 0.313. The van der Waals surface area contributed by atoms with Crippen molar-refractivity contribution in [2.75, 3.05) is 5.75 Å². The molecule has 0 fully saturated rings. The fourth-order valence-electron chi connectivity index (χ4n) is 1.95. The highest BCUT2D eigenvalue weighted by molar-refractivity contribution is 14.1. The van der Waals surface area contributed by atoms with Crippen LogP contribution in [0.15, 0.2) is 48.8 Å². The van der Waals surface area contributed by atoms with E-state index in [1.54, 1.807) is 0 Å². The molecule has 1 aromatic carbocycles. The van der Waals surface area contributed by atoms with Crippen LogP contribution in [0.2, 0.25) is 0 Å². The van der Waals surface area contributed by atoms with Crippen molar-refractivity contribution in [1.82, 2.24) is 0 Å². The van der Waals surface area contributed by atoms with Gasteiger partial charge in [0.2, 0.25) is 0 Å². The molecule has 4 nitrogen and oxygen atoms in total. The predicted octanol–water partition coefficient (Wildman–Crippen LogP) is 2.05. The van der Waals surface area contributed by atoms with E-state index in [0.717, 1.165) is 16.5 Å². The van der Waals surface area contributed by atoms with Crippen LogP contribution in [-0.4, -0.2) is 18.7 Å². The van der Waals surface area contributed by atoms with E-state index in [0.29, 0.717) is 0 Å². The molecule has 0 radical (unpaired) electrons. The third-order valence-electron chi connectivity index (χ3n) is 3.14. The fraction of sp³-hybridized carbons (Fsp3) is 0.267. The molecule has 0 bridgehead atoms. The second kappa shape index (κ2) is 7.33. The van der Waals surface area contributed by atoms with Crippen LogP contribution in [0.25, 0.3) is 0 Å². The van der Waals surface area contributed by atoms with Crippen molar-refractivity contribution >= 4 is 32.7 Å². The number of hydrogen-bond donors (Lipinski definition) is 0. The van der Waals surface area contributed by atoms with E-state index in [1.807, 2.05) is 29.1 Å². The van der Waals surface area contributed by atoms with Crippen molar-refractivity contribution in [3.05, 3.63) is 65.5 Å². The van der Waals surface area contributed by atoms with E-state index in [9.17, 15) is 13.0 Å². The first-order valence-electron chi connectivity index (χ1n) is 6.51. The lowest BCUT2D eigenvalue weighted by atomic mass is 10.1. The van der Waals surface area contributed by atoms with Gasteiger partial charge in [0, 0.05) is 27.9 Å². The summed E-state index contributed by atoms with van der Waals surface area (Å²) in [5, 5.41) is 0. The van der Waals surface area contributed by atoms with Gasteiger partial charge in [0.05, 0.1) is 10.1 Å². The maximum absolute atomic E-state index is 10.6. The molecule has 1 aromatic heterocycles. The van der Waals surface area contributed by atoms with Crippen molar-refractivity contribution in [3.63, 3.8) is 0 Å².